The van der Waals surface area contributed by atoms with E-state index in [1.807, 2.05) is 6.92 Å². The van der Waals surface area contributed by atoms with Crippen molar-refractivity contribution >= 4 is 22.3 Å². The van der Waals surface area contributed by atoms with Crippen molar-refractivity contribution in [1.82, 2.24) is 0 Å². The van der Waals surface area contributed by atoms with Gasteiger partial charge in [-0.25, -0.2) is 0 Å². The molecule has 0 spiro atoms. The Balaban J connectivity index is 1.40. The molecule has 0 saturated carbocycles. The van der Waals surface area contributed by atoms with Gasteiger partial charge in [0.05, 0.1) is 29.4 Å². The van der Waals surface area contributed by atoms with Crippen LogP contribution in [0.1, 0.15) is 104 Å². The maximum absolute atomic E-state index is 13.6. The molecule has 232 valence electrons. The summed E-state index contributed by atoms with van der Waals surface area (Å²) in [5.41, 5.74) is 0.0204. The highest BCUT2D eigenvalue weighted by molar-refractivity contribution is 6.36. The average Bonchev–Trinajstić information content (AvgIpc) is 2.93. The highest BCUT2D eigenvalue weighted by Gasteiger charge is 2.51. The van der Waals surface area contributed by atoms with Gasteiger partial charge in [-0.05, 0) is 97.3 Å². The fourth-order valence-electron chi connectivity index (χ4n) is 6.09. The molecule has 8 heteroatoms. The molecule has 8 nitrogen and oxygen atoms in total. The van der Waals surface area contributed by atoms with Crippen LogP contribution in [0.5, 0.6) is 17.2 Å². The lowest BCUT2D eigenvalue weighted by molar-refractivity contribution is -0.0954. The average molecular weight is 593 g/mol. The Bertz CT molecular complexity index is 1540. The van der Waals surface area contributed by atoms with E-state index < -0.39 is 34.3 Å². The Morgan fingerprint density at radius 1 is 0.977 bits per heavy atom. The Kier molecular flexibility index (Phi) is 9.26. The van der Waals surface area contributed by atoms with Crippen molar-refractivity contribution < 1.29 is 39.9 Å². The molecule has 2 atom stereocenters. The first kappa shape index (κ1) is 32.5. The fourth-order valence-corrected chi connectivity index (χ4v) is 6.09. The summed E-state index contributed by atoms with van der Waals surface area (Å²) in [4.78, 5) is 27.1. The molecule has 2 unspecified atom stereocenters. The highest BCUT2D eigenvalue weighted by Crippen LogP contribution is 2.49. The van der Waals surface area contributed by atoms with Crippen LogP contribution in [0.3, 0.4) is 0 Å². The first-order valence-corrected chi connectivity index (χ1v) is 14.9. The first-order valence-electron chi connectivity index (χ1n) is 14.9. The molecule has 2 aromatic rings. The molecule has 0 aromatic heterocycles. The summed E-state index contributed by atoms with van der Waals surface area (Å²) in [7, 11) is 0. The number of ketones is 2. The molecule has 2 aliphatic rings. The van der Waals surface area contributed by atoms with Crippen LogP contribution in [-0.2, 0) is 4.74 Å². The number of phenols is 3. The Labute approximate surface area is 253 Å². The zero-order chi connectivity index (χ0) is 31.9. The fraction of sp³-hybridized carbons (Fsp3) is 0.486. The van der Waals surface area contributed by atoms with E-state index in [0.717, 1.165) is 37.7 Å². The number of aliphatic hydroxyl groups is 2. The number of benzene rings is 2. The second-order valence-corrected chi connectivity index (χ2v) is 12.8. The van der Waals surface area contributed by atoms with Gasteiger partial charge >= 0.3 is 0 Å². The second kappa shape index (κ2) is 12.3. The molecular formula is C35H44O8. The van der Waals surface area contributed by atoms with Gasteiger partial charge in [0.25, 0.3) is 0 Å². The molecular weight excluding hydrogens is 548 g/mol. The smallest absolute Gasteiger partial charge is 0.207 e. The molecule has 4 rings (SSSR count). The van der Waals surface area contributed by atoms with Crippen LogP contribution in [0, 0.1) is 13.8 Å². The molecule has 1 fully saturated rings. The summed E-state index contributed by atoms with van der Waals surface area (Å²) in [5.74, 6) is -3.12. The van der Waals surface area contributed by atoms with E-state index >= 15 is 0 Å². The summed E-state index contributed by atoms with van der Waals surface area (Å²) < 4.78 is 5.81. The molecule has 0 radical (unpaired) electrons. The number of hydrogen-bond acceptors (Lipinski definition) is 8. The number of allylic oxidation sites excluding steroid dienone is 4. The molecule has 1 aliphatic carbocycles. The molecule has 43 heavy (non-hydrogen) atoms. The number of phenolic OH excluding ortho intramolecular Hbond substituents is 3. The number of hydrogen-bond donors (Lipinski definition) is 5. The minimum Gasteiger partial charge on any atom is -0.507 e. The Morgan fingerprint density at radius 3 is 2.23 bits per heavy atom. The quantitative estimate of drug-likeness (QED) is 0.166. The third-order valence-electron chi connectivity index (χ3n) is 8.88. The summed E-state index contributed by atoms with van der Waals surface area (Å²) in [6.45, 7) is 11.1. The minimum atomic E-state index is -2.50. The largest absolute Gasteiger partial charge is 0.507 e. The zero-order valence-corrected chi connectivity index (χ0v) is 26.0. The standard InChI is InChI=1S/C35H44O8/c1-19(11-8-12-23-13-14-25(43-18-23)34(5,6)41)9-7-10-20(2)15-16-35(42)32(39)27-24(36)17-21(3)26-28(27)29(33(35)40)31(38)22(4)30(26)37/h9,12,15,17,25,36-38,41-42H,7-8,10-11,13-14,16,18H2,1-6H3/b19-9+,20-15+,23-12-. The maximum Gasteiger partial charge on any atom is 0.207 e. The van der Waals surface area contributed by atoms with Crippen molar-refractivity contribution in [2.24, 2.45) is 0 Å². The van der Waals surface area contributed by atoms with E-state index in [0.29, 0.717) is 18.6 Å². The van der Waals surface area contributed by atoms with Crippen molar-refractivity contribution in [2.45, 2.75) is 104 Å². The summed E-state index contributed by atoms with van der Waals surface area (Å²) >= 11 is 0. The van der Waals surface area contributed by atoms with Crippen LogP contribution in [0.25, 0.3) is 10.8 Å². The highest BCUT2D eigenvalue weighted by atomic mass is 16.5. The van der Waals surface area contributed by atoms with Gasteiger partial charge in [0, 0.05) is 22.8 Å². The molecule has 0 amide bonds. The van der Waals surface area contributed by atoms with Gasteiger partial charge in [-0.3, -0.25) is 9.59 Å². The van der Waals surface area contributed by atoms with Crippen molar-refractivity contribution in [1.29, 1.82) is 0 Å². The van der Waals surface area contributed by atoms with Gasteiger partial charge in [0.1, 0.15) is 17.2 Å². The topological polar surface area (TPSA) is 145 Å². The molecule has 5 N–H and O–H groups in total. The van der Waals surface area contributed by atoms with Crippen LogP contribution in [0.2, 0.25) is 0 Å². The Hall–Kier alpha value is -3.46. The SMILES string of the molecule is C/C(=C\CC/C(C)=C/CC1(O)C(=O)c2c(O)cc(C)c3c(O)c(C)c(O)c(c23)C1=O)CC/C=C1/CCC(C(C)(C)O)OC1. The van der Waals surface area contributed by atoms with E-state index in [-0.39, 0.29) is 45.7 Å². The van der Waals surface area contributed by atoms with Gasteiger partial charge in [0.2, 0.25) is 11.6 Å². The van der Waals surface area contributed by atoms with E-state index in [4.69, 9.17) is 4.74 Å². The van der Waals surface area contributed by atoms with Crippen LogP contribution in [-0.4, -0.2) is 61.0 Å². The van der Waals surface area contributed by atoms with Crippen LogP contribution < -0.4 is 0 Å². The number of Topliss-reactive ketones (excluding diaryl/α,β-unsaturated/α-hetero) is 2. The van der Waals surface area contributed by atoms with Gasteiger partial charge in [-0.1, -0.05) is 29.4 Å². The zero-order valence-electron chi connectivity index (χ0n) is 26.0. The summed E-state index contributed by atoms with van der Waals surface area (Å²) in [6, 6.07) is 1.31. The van der Waals surface area contributed by atoms with E-state index in [1.54, 1.807) is 26.8 Å². The van der Waals surface area contributed by atoms with Crippen molar-refractivity contribution in [3.63, 3.8) is 0 Å². The van der Waals surface area contributed by atoms with Crippen molar-refractivity contribution in [3.8, 4) is 17.2 Å². The predicted molar refractivity (Wildman–Crippen MR) is 166 cm³/mol. The summed E-state index contributed by atoms with van der Waals surface area (Å²) in [6.07, 6.45) is 10.6. The van der Waals surface area contributed by atoms with Crippen molar-refractivity contribution in [2.75, 3.05) is 6.61 Å². The van der Waals surface area contributed by atoms with E-state index in [9.17, 15) is 35.1 Å². The molecule has 1 heterocycles. The number of carbonyl (C=O) groups excluding carboxylic acids is 2. The summed E-state index contributed by atoms with van der Waals surface area (Å²) in [5, 5.41) is 53.8. The molecule has 1 saturated heterocycles. The predicted octanol–water partition coefficient (Wildman–Crippen LogP) is 6.40. The van der Waals surface area contributed by atoms with Gasteiger partial charge in [-0.2, -0.15) is 0 Å². The normalized spacial score (nSPS) is 22.6. The van der Waals surface area contributed by atoms with Crippen LogP contribution >= 0.6 is 0 Å². The second-order valence-electron chi connectivity index (χ2n) is 12.8. The Morgan fingerprint density at radius 2 is 1.60 bits per heavy atom. The van der Waals surface area contributed by atoms with Crippen LogP contribution in [0.15, 0.2) is 41.0 Å². The monoisotopic (exact) mass is 592 g/mol. The first-order chi connectivity index (χ1) is 20.1. The van der Waals surface area contributed by atoms with Gasteiger partial charge in [-0.15, -0.1) is 0 Å². The molecule has 1 aliphatic heterocycles. The van der Waals surface area contributed by atoms with E-state index in [1.165, 1.54) is 24.1 Å². The molecule has 2 aromatic carbocycles. The number of aromatic hydroxyl groups is 3. The molecule has 0 bridgehead atoms. The third-order valence-corrected chi connectivity index (χ3v) is 8.88. The maximum atomic E-state index is 13.6. The van der Waals surface area contributed by atoms with Crippen LogP contribution in [0.4, 0.5) is 0 Å². The third kappa shape index (κ3) is 6.28. The number of rotatable bonds is 9. The number of aryl methyl sites for hydroxylation is 1. The minimum absolute atomic E-state index is 0.0379. The lowest BCUT2D eigenvalue weighted by atomic mass is 9.73. The van der Waals surface area contributed by atoms with E-state index in [2.05, 4.69) is 19.1 Å². The lowest BCUT2D eigenvalue weighted by Crippen LogP contribution is -2.49. The van der Waals surface area contributed by atoms with Gasteiger partial charge in [0.15, 0.2) is 5.60 Å². The number of ether oxygens (including phenoxy) is 1. The number of carbonyl (C=O) groups is 2. The lowest BCUT2D eigenvalue weighted by Gasteiger charge is -2.33. The van der Waals surface area contributed by atoms with Gasteiger partial charge < -0.3 is 30.3 Å². The van der Waals surface area contributed by atoms with Crippen molar-refractivity contribution in [3.05, 3.63) is 63.3 Å².